The number of para-hydroxylation sites is 1. The van der Waals surface area contributed by atoms with Gasteiger partial charge in [0.1, 0.15) is 23.7 Å². The Hall–Kier alpha value is -3.42. The second kappa shape index (κ2) is 8.74. The minimum atomic E-state index is -0.454. The summed E-state index contributed by atoms with van der Waals surface area (Å²) in [5.41, 5.74) is 2.25. The van der Waals surface area contributed by atoms with Gasteiger partial charge in [0.2, 0.25) is 0 Å². The number of fused-ring (bicyclic) bond motifs is 3. The average Bonchev–Trinajstić information content (AvgIpc) is 3.40. The maximum atomic E-state index is 12.2. The van der Waals surface area contributed by atoms with Gasteiger partial charge < -0.3 is 14.2 Å². The molecule has 6 rings (SSSR count). The molecule has 4 aromatic rings. The molecule has 7 heteroatoms. The summed E-state index contributed by atoms with van der Waals surface area (Å²) in [7, 11) is 0. The Bertz CT molecular complexity index is 1290. The standard InChI is InChI=1S/C27H24N2O4S/c30-25-21-5-1-2-6-22(21)27(33-25)13-15-29(16-14-27)17-18-31-19-9-11-20(12-10-19)32-26-28-23-7-3-4-8-24(23)34-26/h1-12H,13-18H2. The number of ether oxygens (including phenoxy) is 3. The minimum Gasteiger partial charge on any atom is -0.492 e. The average molecular weight is 473 g/mol. The van der Waals surface area contributed by atoms with E-state index in [9.17, 15) is 4.79 Å². The Labute approximate surface area is 201 Å². The summed E-state index contributed by atoms with van der Waals surface area (Å²) in [5.74, 6) is 1.35. The third-order valence-electron chi connectivity index (χ3n) is 6.57. The first-order valence-corrected chi connectivity index (χ1v) is 12.3. The second-order valence-corrected chi connectivity index (χ2v) is 9.63. The first-order valence-electron chi connectivity index (χ1n) is 11.5. The fraction of sp³-hybridized carbons (Fsp3) is 0.259. The lowest BCUT2D eigenvalue weighted by atomic mass is 9.84. The highest BCUT2D eigenvalue weighted by atomic mass is 32.1. The van der Waals surface area contributed by atoms with E-state index in [1.54, 1.807) is 0 Å². The molecule has 0 N–H and O–H groups in total. The van der Waals surface area contributed by atoms with Gasteiger partial charge in [0.15, 0.2) is 0 Å². The predicted octanol–water partition coefficient (Wildman–Crippen LogP) is 5.63. The molecule has 0 bridgehead atoms. The number of thiazole rings is 1. The fourth-order valence-electron chi connectivity index (χ4n) is 4.75. The summed E-state index contributed by atoms with van der Waals surface area (Å²) in [5, 5.41) is 0.633. The van der Waals surface area contributed by atoms with Gasteiger partial charge in [-0.2, -0.15) is 0 Å². The molecule has 0 unspecified atom stereocenters. The number of likely N-dealkylation sites (tertiary alicyclic amines) is 1. The monoisotopic (exact) mass is 472 g/mol. The van der Waals surface area contributed by atoms with E-state index in [2.05, 4.69) is 9.88 Å². The summed E-state index contributed by atoms with van der Waals surface area (Å²) in [6.07, 6.45) is 1.63. The molecule has 0 amide bonds. The van der Waals surface area contributed by atoms with Gasteiger partial charge in [-0.1, -0.05) is 41.7 Å². The number of benzene rings is 3. The summed E-state index contributed by atoms with van der Waals surface area (Å²) in [6.45, 7) is 3.18. The highest BCUT2D eigenvalue weighted by Gasteiger charge is 2.46. The molecule has 1 spiro atoms. The number of esters is 1. The van der Waals surface area contributed by atoms with Crippen LogP contribution in [0.5, 0.6) is 16.7 Å². The number of aromatic nitrogens is 1. The van der Waals surface area contributed by atoms with E-state index in [0.29, 0.717) is 11.8 Å². The molecular weight excluding hydrogens is 448 g/mol. The number of carbonyl (C=O) groups is 1. The quantitative estimate of drug-likeness (QED) is 0.339. The zero-order valence-electron chi connectivity index (χ0n) is 18.6. The van der Waals surface area contributed by atoms with Crippen molar-refractivity contribution in [3.63, 3.8) is 0 Å². The third kappa shape index (κ3) is 4.02. The lowest BCUT2D eigenvalue weighted by molar-refractivity contribution is -0.0440. The largest absolute Gasteiger partial charge is 0.492 e. The Morgan fingerprint density at radius 1 is 0.941 bits per heavy atom. The summed E-state index contributed by atoms with van der Waals surface area (Å²) >= 11 is 1.53. The van der Waals surface area contributed by atoms with E-state index >= 15 is 0 Å². The SMILES string of the molecule is O=C1OC2(CCN(CCOc3ccc(Oc4nc5ccccc5s4)cc3)CC2)c2ccccc21. The fourth-order valence-corrected chi connectivity index (χ4v) is 5.58. The summed E-state index contributed by atoms with van der Waals surface area (Å²) < 4.78 is 18.8. The highest BCUT2D eigenvalue weighted by Crippen LogP contribution is 2.43. The molecule has 34 heavy (non-hydrogen) atoms. The number of hydrogen-bond donors (Lipinski definition) is 0. The van der Waals surface area contributed by atoms with Crippen molar-refractivity contribution in [3.05, 3.63) is 83.9 Å². The minimum absolute atomic E-state index is 0.192. The normalized spacial score (nSPS) is 17.0. The molecule has 0 radical (unpaired) electrons. The smallest absolute Gasteiger partial charge is 0.339 e. The van der Waals surface area contributed by atoms with Crippen molar-refractivity contribution in [1.29, 1.82) is 0 Å². The number of nitrogens with zero attached hydrogens (tertiary/aromatic N) is 2. The molecule has 2 aliphatic heterocycles. The number of hydrogen-bond acceptors (Lipinski definition) is 7. The molecule has 1 aromatic heterocycles. The molecule has 6 nitrogen and oxygen atoms in total. The number of rotatable bonds is 6. The van der Waals surface area contributed by atoms with E-state index in [1.807, 2.05) is 72.8 Å². The van der Waals surface area contributed by atoms with Crippen molar-refractivity contribution in [2.45, 2.75) is 18.4 Å². The van der Waals surface area contributed by atoms with E-state index in [0.717, 1.165) is 65.3 Å². The van der Waals surface area contributed by atoms with Crippen LogP contribution in [0.2, 0.25) is 0 Å². The van der Waals surface area contributed by atoms with E-state index in [-0.39, 0.29) is 5.97 Å². The lowest BCUT2D eigenvalue weighted by Gasteiger charge is -2.38. The van der Waals surface area contributed by atoms with Crippen molar-refractivity contribution >= 4 is 27.5 Å². The van der Waals surface area contributed by atoms with Gasteiger partial charge in [-0.15, -0.1) is 0 Å². The van der Waals surface area contributed by atoms with Crippen LogP contribution in [0.15, 0.2) is 72.8 Å². The van der Waals surface area contributed by atoms with Crippen LogP contribution in [0.25, 0.3) is 10.2 Å². The van der Waals surface area contributed by atoms with E-state index < -0.39 is 5.60 Å². The molecule has 3 aromatic carbocycles. The zero-order valence-corrected chi connectivity index (χ0v) is 19.4. The Kier molecular flexibility index (Phi) is 5.43. The molecule has 0 aliphatic carbocycles. The molecule has 2 aliphatic rings. The number of piperidine rings is 1. The van der Waals surface area contributed by atoms with Crippen LogP contribution in [0, 0.1) is 0 Å². The Balaban J connectivity index is 0.992. The first kappa shape index (κ1) is 21.1. The van der Waals surface area contributed by atoms with E-state index in [4.69, 9.17) is 14.2 Å². The summed E-state index contributed by atoms with van der Waals surface area (Å²) in [6, 6.07) is 23.4. The van der Waals surface area contributed by atoms with Crippen LogP contribution in [-0.2, 0) is 10.3 Å². The predicted molar refractivity (Wildman–Crippen MR) is 131 cm³/mol. The van der Waals surface area contributed by atoms with Gasteiger partial charge >= 0.3 is 5.97 Å². The van der Waals surface area contributed by atoms with Gasteiger partial charge in [-0.3, -0.25) is 4.90 Å². The van der Waals surface area contributed by atoms with Crippen molar-refractivity contribution in [3.8, 4) is 16.7 Å². The van der Waals surface area contributed by atoms with Gasteiger partial charge in [-0.05, 0) is 42.5 Å². The molecule has 0 saturated carbocycles. The summed E-state index contributed by atoms with van der Waals surface area (Å²) in [4.78, 5) is 19.1. The molecule has 172 valence electrons. The lowest BCUT2D eigenvalue weighted by Crippen LogP contribution is -2.44. The Morgan fingerprint density at radius 3 is 2.50 bits per heavy atom. The highest BCUT2D eigenvalue weighted by molar-refractivity contribution is 7.20. The van der Waals surface area contributed by atoms with Crippen molar-refractivity contribution in [1.82, 2.24) is 9.88 Å². The van der Waals surface area contributed by atoms with Crippen molar-refractivity contribution in [2.75, 3.05) is 26.2 Å². The van der Waals surface area contributed by atoms with Gasteiger partial charge in [0, 0.05) is 38.0 Å². The zero-order chi connectivity index (χ0) is 23.0. The molecule has 1 fully saturated rings. The topological polar surface area (TPSA) is 60.9 Å². The molecular formula is C27H24N2O4S. The van der Waals surface area contributed by atoms with Crippen LogP contribution in [-0.4, -0.2) is 42.1 Å². The molecule has 0 atom stereocenters. The number of carbonyl (C=O) groups excluding carboxylic acids is 1. The molecule has 1 saturated heterocycles. The van der Waals surface area contributed by atoms with E-state index in [1.165, 1.54) is 11.3 Å². The maximum Gasteiger partial charge on any atom is 0.339 e. The van der Waals surface area contributed by atoms with Crippen LogP contribution < -0.4 is 9.47 Å². The Morgan fingerprint density at radius 2 is 1.68 bits per heavy atom. The van der Waals surface area contributed by atoms with Crippen molar-refractivity contribution in [2.24, 2.45) is 0 Å². The second-order valence-electron chi connectivity index (χ2n) is 8.64. The van der Waals surface area contributed by atoms with Crippen LogP contribution in [0.1, 0.15) is 28.8 Å². The van der Waals surface area contributed by atoms with Gasteiger partial charge in [0.05, 0.1) is 15.8 Å². The van der Waals surface area contributed by atoms with Crippen LogP contribution in [0.4, 0.5) is 0 Å². The van der Waals surface area contributed by atoms with Crippen molar-refractivity contribution < 1.29 is 19.0 Å². The van der Waals surface area contributed by atoms with Crippen LogP contribution in [0.3, 0.4) is 0 Å². The van der Waals surface area contributed by atoms with Gasteiger partial charge in [0.25, 0.3) is 5.19 Å². The maximum absolute atomic E-state index is 12.2. The van der Waals surface area contributed by atoms with Gasteiger partial charge in [-0.25, -0.2) is 9.78 Å². The first-order chi connectivity index (χ1) is 16.7. The van der Waals surface area contributed by atoms with Crippen LogP contribution >= 0.6 is 11.3 Å². The molecule has 3 heterocycles. The third-order valence-corrected chi connectivity index (χ3v) is 7.48.